The number of likely N-dealkylation sites (tertiary alicyclic amines) is 1. The minimum Gasteiger partial charge on any atom is -0.353 e. The van der Waals surface area contributed by atoms with Gasteiger partial charge in [0.25, 0.3) is 0 Å². The van der Waals surface area contributed by atoms with Gasteiger partial charge in [0.05, 0.1) is 5.92 Å². The lowest BCUT2D eigenvalue weighted by molar-refractivity contribution is -0.139. The van der Waals surface area contributed by atoms with Crippen LogP contribution in [0.25, 0.3) is 0 Å². The smallest absolute Gasteiger partial charge is 0.225 e. The molecule has 3 rings (SSSR count). The van der Waals surface area contributed by atoms with E-state index in [2.05, 4.69) is 5.32 Å². The average molecular weight is 304 g/mol. The number of nitrogens with zero attached hydrogens (tertiary/aromatic N) is 1. The fourth-order valence-electron chi connectivity index (χ4n) is 3.01. The second-order valence-electron chi connectivity index (χ2n) is 6.28. The maximum absolute atomic E-state index is 13.2. The van der Waals surface area contributed by atoms with E-state index in [1.807, 2.05) is 0 Å². The van der Waals surface area contributed by atoms with Crippen LogP contribution in [0.3, 0.4) is 0 Å². The Morgan fingerprint density at radius 1 is 1.32 bits per heavy atom. The monoisotopic (exact) mass is 304 g/mol. The van der Waals surface area contributed by atoms with Gasteiger partial charge in [-0.2, -0.15) is 0 Å². The topological polar surface area (TPSA) is 49.4 Å². The van der Waals surface area contributed by atoms with Crippen LogP contribution >= 0.6 is 0 Å². The molecule has 0 bridgehead atoms. The Hall–Kier alpha value is -1.91. The molecule has 1 aromatic rings. The van der Waals surface area contributed by atoms with E-state index in [4.69, 9.17) is 0 Å². The molecule has 4 nitrogen and oxygen atoms in total. The number of hydrogen-bond donors (Lipinski definition) is 1. The highest BCUT2D eigenvalue weighted by molar-refractivity contribution is 5.84. The van der Waals surface area contributed by atoms with Crippen LogP contribution in [-0.2, 0) is 16.1 Å². The first-order chi connectivity index (χ1) is 10.6. The van der Waals surface area contributed by atoms with E-state index in [1.54, 1.807) is 17.0 Å². The molecule has 1 aliphatic heterocycles. The number of carbonyl (C=O) groups excluding carboxylic acids is 2. The summed E-state index contributed by atoms with van der Waals surface area (Å²) < 4.78 is 13.2. The molecule has 0 spiro atoms. The molecule has 1 heterocycles. The summed E-state index contributed by atoms with van der Waals surface area (Å²) in [7, 11) is 0. The molecule has 1 unspecified atom stereocenters. The third-order valence-electron chi connectivity index (χ3n) is 4.58. The van der Waals surface area contributed by atoms with Crippen LogP contribution in [-0.4, -0.2) is 29.3 Å². The molecule has 2 fully saturated rings. The van der Waals surface area contributed by atoms with Gasteiger partial charge >= 0.3 is 0 Å². The highest BCUT2D eigenvalue weighted by atomic mass is 19.1. The standard InChI is InChI=1S/C17H21FN2O2/c18-14-4-1-3-12(9-14)10-20-11-13(7-8-16(20)21)17(22)19-15-5-2-6-15/h1,3-4,9,13,15H,2,5-8,10-11H2,(H,19,22). The van der Waals surface area contributed by atoms with E-state index in [9.17, 15) is 14.0 Å². The van der Waals surface area contributed by atoms with Crippen LogP contribution in [0.15, 0.2) is 24.3 Å². The van der Waals surface area contributed by atoms with Crippen molar-refractivity contribution in [1.29, 1.82) is 0 Å². The Labute approximate surface area is 129 Å². The van der Waals surface area contributed by atoms with E-state index in [1.165, 1.54) is 18.6 Å². The maximum Gasteiger partial charge on any atom is 0.225 e. The molecule has 0 radical (unpaired) electrons. The van der Waals surface area contributed by atoms with E-state index >= 15 is 0 Å². The minimum atomic E-state index is -0.304. The van der Waals surface area contributed by atoms with Crippen molar-refractivity contribution in [3.63, 3.8) is 0 Å². The number of halogens is 1. The van der Waals surface area contributed by atoms with Crippen LogP contribution in [0.4, 0.5) is 4.39 Å². The van der Waals surface area contributed by atoms with E-state index in [-0.39, 0.29) is 23.5 Å². The molecule has 1 aliphatic carbocycles. The van der Waals surface area contributed by atoms with Gasteiger partial charge in [-0.15, -0.1) is 0 Å². The molecular formula is C17H21FN2O2. The fourth-order valence-corrected chi connectivity index (χ4v) is 3.01. The van der Waals surface area contributed by atoms with Gasteiger partial charge in [0.15, 0.2) is 0 Å². The molecule has 1 aromatic carbocycles. The van der Waals surface area contributed by atoms with Gasteiger partial charge in [-0.25, -0.2) is 4.39 Å². The SMILES string of the molecule is O=C(NC1CCC1)C1CCC(=O)N(Cc2cccc(F)c2)C1. The molecule has 118 valence electrons. The lowest BCUT2D eigenvalue weighted by Gasteiger charge is -2.34. The van der Waals surface area contributed by atoms with Gasteiger partial charge in [-0.05, 0) is 43.4 Å². The van der Waals surface area contributed by atoms with Crippen LogP contribution in [0.1, 0.15) is 37.7 Å². The average Bonchev–Trinajstić information content (AvgIpc) is 2.45. The number of amides is 2. The molecule has 22 heavy (non-hydrogen) atoms. The van der Waals surface area contributed by atoms with Crippen molar-refractivity contribution >= 4 is 11.8 Å². The zero-order valence-corrected chi connectivity index (χ0v) is 12.6. The Bertz CT molecular complexity index is 572. The van der Waals surface area contributed by atoms with Gasteiger partial charge < -0.3 is 10.2 Å². The van der Waals surface area contributed by atoms with Crippen molar-refractivity contribution in [3.05, 3.63) is 35.6 Å². The number of benzene rings is 1. The summed E-state index contributed by atoms with van der Waals surface area (Å²) in [6.45, 7) is 0.789. The summed E-state index contributed by atoms with van der Waals surface area (Å²) in [5.74, 6) is -0.355. The number of nitrogens with one attached hydrogen (secondary N) is 1. The number of hydrogen-bond acceptors (Lipinski definition) is 2. The molecule has 2 amide bonds. The third kappa shape index (κ3) is 3.46. The lowest BCUT2D eigenvalue weighted by atomic mass is 9.91. The van der Waals surface area contributed by atoms with Crippen LogP contribution < -0.4 is 5.32 Å². The Morgan fingerprint density at radius 2 is 2.14 bits per heavy atom. The number of rotatable bonds is 4. The van der Waals surface area contributed by atoms with Gasteiger partial charge in [0.1, 0.15) is 5.82 Å². The van der Waals surface area contributed by atoms with E-state index in [0.29, 0.717) is 32.0 Å². The van der Waals surface area contributed by atoms with Gasteiger partial charge in [-0.3, -0.25) is 9.59 Å². The first-order valence-electron chi connectivity index (χ1n) is 7.94. The first kappa shape index (κ1) is 15.0. The summed E-state index contributed by atoms with van der Waals surface area (Å²) in [4.78, 5) is 26.0. The van der Waals surface area contributed by atoms with Gasteiger partial charge in [-0.1, -0.05) is 12.1 Å². The normalized spacial score (nSPS) is 22.3. The molecule has 1 N–H and O–H groups in total. The molecule has 1 saturated heterocycles. The van der Waals surface area contributed by atoms with Crippen molar-refractivity contribution in [3.8, 4) is 0 Å². The van der Waals surface area contributed by atoms with Crippen molar-refractivity contribution in [2.75, 3.05) is 6.54 Å². The fraction of sp³-hybridized carbons (Fsp3) is 0.529. The van der Waals surface area contributed by atoms with Crippen LogP contribution in [0.2, 0.25) is 0 Å². The zero-order valence-electron chi connectivity index (χ0n) is 12.6. The van der Waals surface area contributed by atoms with E-state index in [0.717, 1.165) is 18.4 Å². The Morgan fingerprint density at radius 3 is 2.82 bits per heavy atom. The predicted octanol–water partition coefficient (Wildman–Crippen LogP) is 2.23. The highest BCUT2D eigenvalue weighted by Crippen LogP contribution is 2.23. The summed E-state index contributed by atoms with van der Waals surface area (Å²) in [6, 6.07) is 6.58. The van der Waals surface area contributed by atoms with E-state index < -0.39 is 0 Å². The molecule has 0 aromatic heterocycles. The largest absolute Gasteiger partial charge is 0.353 e. The summed E-state index contributed by atoms with van der Waals surface area (Å²) in [5.41, 5.74) is 0.758. The highest BCUT2D eigenvalue weighted by Gasteiger charge is 2.32. The quantitative estimate of drug-likeness (QED) is 0.927. The van der Waals surface area contributed by atoms with Crippen molar-refractivity contribution in [2.45, 2.75) is 44.7 Å². The van der Waals surface area contributed by atoms with Crippen molar-refractivity contribution in [2.24, 2.45) is 5.92 Å². The second-order valence-corrected chi connectivity index (χ2v) is 6.28. The molecule has 5 heteroatoms. The van der Waals surface area contributed by atoms with Gasteiger partial charge in [0.2, 0.25) is 11.8 Å². The van der Waals surface area contributed by atoms with Crippen LogP contribution in [0, 0.1) is 11.7 Å². The summed E-state index contributed by atoms with van der Waals surface area (Å²) in [6.07, 6.45) is 4.30. The van der Waals surface area contributed by atoms with Crippen molar-refractivity contribution < 1.29 is 14.0 Å². The molecule has 2 aliphatic rings. The minimum absolute atomic E-state index is 0.0388. The number of carbonyl (C=O) groups is 2. The lowest BCUT2D eigenvalue weighted by Crippen LogP contribution is -2.49. The first-order valence-corrected chi connectivity index (χ1v) is 7.94. The Balaban J connectivity index is 1.60. The van der Waals surface area contributed by atoms with Gasteiger partial charge in [0, 0.05) is 25.6 Å². The predicted molar refractivity (Wildman–Crippen MR) is 80.3 cm³/mol. The maximum atomic E-state index is 13.2. The molecule has 1 saturated carbocycles. The zero-order chi connectivity index (χ0) is 15.5. The molecular weight excluding hydrogens is 283 g/mol. The van der Waals surface area contributed by atoms with Crippen LogP contribution in [0.5, 0.6) is 0 Å². The number of piperidine rings is 1. The second kappa shape index (κ2) is 6.46. The van der Waals surface area contributed by atoms with Crippen molar-refractivity contribution in [1.82, 2.24) is 10.2 Å². The third-order valence-corrected chi connectivity index (χ3v) is 4.58. The molecule has 1 atom stereocenters. The summed E-state index contributed by atoms with van der Waals surface area (Å²) >= 11 is 0. The Kier molecular flexibility index (Phi) is 4.41. The summed E-state index contributed by atoms with van der Waals surface area (Å²) in [5, 5.41) is 3.06.